The lowest BCUT2D eigenvalue weighted by Gasteiger charge is -2.29. The summed E-state index contributed by atoms with van der Waals surface area (Å²) in [4.78, 5) is 37.7. The van der Waals surface area contributed by atoms with E-state index in [-0.39, 0.29) is 24.1 Å². The van der Waals surface area contributed by atoms with E-state index in [2.05, 4.69) is 28.9 Å². The lowest BCUT2D eigenvalue weighted by molar-refractivity contribution is -0.136. The van der Waals surface area contributed by atoms with Crippen molar-refractivity contribution in [2.45, 2.75) is 38.9 Å². The van der Waals surface area contributed by atoms with E-state index >= 15 is 0 Å². The molecule has 1 aromatic carbocycles. The molecule has 2 fully saturated rings. The van der Waals surface area contributed by atoms with E-state index in [1.165, 1.54) is 0 Å². The second-order valence-electron chi connectivity index (χ2n) is 7.92. The van der Waals surface area contributed by atoms with Gasteiger partial charge in [0.15, 0.2) is 0 Å². The molecule has 0 aromatic heterocycles. The van der Waals surface area contributed by atoms with Crippen LogP contribution in [0.5, 0.6) is 0 Å². The van der Waals surface area contributed by atoms with Crippen molar-refractivity contribution in [2.75, 3.05) is 19.6 Å². The van der Waals surface area contributed by atoms with Gasteiger partial charge in [0.25, 0.3) is 5.91 Å². The summed E-state index contributed by atoms with van der Waals surface area (Å²) in [5.74, 6) is 0.597. The van der Waals surface area contributed by atoms with Crippen LogP contribution in [0, 0.1) is 11.8 Å². The number of amides is 3. The summed E-state index contributed by atoms with van der Waals surface area (Å²) in [5.41, 5.74) is 2.77. The predicted octanol–water partition coefficient (Wildman–Crippen LogP) is 0.393. The summed E-state index contributed by atoms with van der Waals surface area (Å²) in [6, 6.07) is 5.34. The number of piperidine rings is 1. The van der Waals surface area contributed by atoms with Crippen molar-refractivity contribution in [2.24, 2.45) is 11.8 Å². The number of hydrogen-bond acceptors (Lipinski definition) is 5. The van der Waals surface area contributed by atoms with Gasteiger partial charge in [-0.05, 0) is 55.1 Å². The molecule has 2 saturated heterocycles. The topological polar surface area (TPSA) is 90.5 Å². The van der Waals surface area contributed by atoms with Gasteiger partial charge < -0.3 is 15.5 Å². The molecule has 7 heteroatoms. The van der Waals surface area contributed by atoms with Crippen LogP contribution < -0.4 is 16.0 Å². The molecule has 0 aliphatic carbocycles. The van der Waals surface area contributed by atoms with E-state index in [0.717, 1.165) is 37.3 Å². The molecule has 0 bridgehead atoms. The number of rotatable bonds is 5. The molecule has 0 spiro atoms. The second kappa shape index (κ2) is 7.40. The van der Waals surface area contributed by atoms with Crippen LogP contribution >= 0.6 is 0 Å². The largest absolute Gasteiger partial charge is 0.322 e. The minimum atomic E-state index is -0.555. The highest BCUT2D eigenvalue weighted by molar-refractivity contribution is 6.05. The Balaban J connectivity index is 1.38. The summed E-state index contributed by atoms with van der Waals surface area (Å²) in [7, 11) is 0. The van der Waals surface area contributed by atoms with Gasteiger partial charge in [-0.15, -0.1) is 0 Å². The van der Waals surface area contributed by atoms with Crippen molar-refractivity contribution in [1.29, 1.82) is 0 Å². The number of benzene rings is 1. The number of carbonyl (C=O) groups excluding carboxylic acids is 3. The molecule has 3 aliphatic rings. The Kier molecular flexibility index (Phi) is 4.97. The molecule has 0 saturated carbocycles. The highest BCUT2D eigenvalue weighted by atomic mass is 16.2. The van der Waals surface area contributed by atoms with Crippen molar-refractivity contribution in [3.05, 3.63) is 34.9 Å². The standard InChI is InChI=1S/C20H26N4O3/c1-12-7-21-9-15(12)10-22-8-13-2-3-16-14(6-13)11-24(20(16)27)17-4-5-18(25)23-19(17)26/h2-3,6,12,15,17,21-22H,4-5,7-11H2,1H3,(H,23,25,26)/t12-,15+,17?/m1/s1. The highest BCUT2D eigenvalue weighted by Crippen LogP contribution is 2.28. The number of nitrogens with zero attached hydrogens (tertiary/aromatic N) is 1. The van der Waals surface area contributed by atoms with Crippen LogP contribution in [0.1, 0.15) is 41.3 Å². The Morgan fingerprint density at radius 1 is 1.22 bits per heavy atom. The quantitative estimate of drug-likeness (QED) is 0.653. The lowest BCUT2D eigenvalue weighted by atomic mass is 9.98. The first kappa shape index (κ1) is 18.1. The van der Waals surface area contributed by atoms with Crippen molar-refractivity contribution >= 4 is 17.7 Å². The van der Waals surface area contributed by atoms with Crippen LogP contribution in [0.2, 0.25) is 0 Å². The van der Waals surface area contributed by atoms with E-state index in [9.17, 15) is 14.4 Å². The van der Waals surface area contributed by atoms with E-state index in [0.29, 0.717) is 30.4 Å². The molecule has 7 nitrogen and oxygen atoms in total. The molecular formula is C20H26N4O3. The van der Waals surface area contributed by atoms with E-state index in [1.807, 2.05) is 12.1 Å². The molecule has 1 unspecified atom stereocenters. The van der Waals surface area contributed by atoms with Crippen LogP contribution in [0.15, 0.2) is 18.2 Å². The summed E-state index contributed by atoms with van der Waals surface area (Å²) in [6.07, 6.45) is 0.673. The Morgan fingerprint density at radius 3 is 2.81 bits per heavy atom. The molecule has 1 aromatic rings. The third-order valence-electron chi connectivity index (χ3n) is 6.00. The van der Waals surface area contributed by atoms with Gasteiger partial charge in [-0.25, -0.2) is 0 Å². The number of fused-ring (bicyclic) bond motifs is 1. The van der Waals surface area contributed by atoms with Crippen LogP contribution in [-0.4, -0.2) is 48.3 Å². The number of imide groups is 1. The minimum absolute atomic E-state index is 0.120. The molecule has 3 heterocycles. The smallest absolute Gasteiger partial charge is 0.255 e. The first-order valence-corrected chi connectivity index (χ1v) is 9.71. The Hall–Kier alpha value is -2.25. The Bertz CT molecular complexity index is 778. The first-order chi connectivity index (χ1) is 13.0. The number of nitrogens with one attached hydrogen (secondary N) is 3. The van der Waals surface area contributed by atoms with Crippen molar-refractivity contribution in [3.63, 3.8) is 0 Å². The Morgan fingerprint density at radius 2 is 2.07 bits per heavy atom. The SMILES string of the molecule is C[C@@H]1CNC[C@H]1CNCc1ccc2c(c1)CN(C1CCC(=O)NC1=O)C2=O. The van der Waals surface area contributed by atoms with Crippen LogP contribution in [0.3, 0.4) is 0 Å². The Labute approximate surface area is 158 Å². The fourth-order valence-electron chi connectivity index (χ4n) is 4.28. The molecule has 3 aliphatic heterocycles. The van der Waals surface area contributed by atoms with Gasteiger partial charge in [0.2, 0.25) is 11.8 Å². The fourth-order valence-corrected chi connectivity index (χ4v) is 4.28. The molecule has 0 radical (unpaired) electrons. The molecule has 3 amide bonds. The van der Waals surface area contributed by atoms with E-state index in [4.69, 9.17) is 0 Å². The summed E-state index contributed by atoms with van der Waals surface area (Å²) in [5, 5.41) is 9.27. The van der Waals surface area contributed by atoms with Crippen molar-refractivity contribution in [3.8, 4) is 0 Å². The predicted molar refractivity (Wildman–Crippen MR) is 99.7 cm³/mol. The van der Waals surface area contributed by atoms with Gasteiger partial charge in [-0.2, -0.15) is 0 Å². The molecule has 4 rings (SSSR count). The third kappa shape index (κ3) is 3.61. The zero-order valence-corrected chi connectivity index (χ0v) is 15.6. The average molecular weight is 370 g/mol. The normalized spacial score (nSPS) is 27.8. The lowest BCUT2D eigenvalue weighted by Crippen LogP contribution is -2.52. The van der Waals surface area contributed by atoms with Crippen molar-refractivity contribution in [1.82, 2.24) is 20.9 Å². The summed E-state index contributed by atoms with van der Waals surface area (Å²) in [6.45, 7) is 6.60. The highest BCUT2D eigenvalue weighted by Gasteiger charge is 2.39. The molecule has 3 N–H and O–H groups in total. The van der Waals surface area contributed by atoms with Gasteiger partial charge in [0.1, 0.15) is 6.04 Å². The average Bonchev–Trinajstić information content (AvgIpc) is 3.19. The van der Waals surface area contributed by atoms with Gasteiger partial charge in [0.05, 0.1) is 0 Å². The van der Waals surface area contributed by atoms with Crippen LogP contribution in [-0.2, 0) is 22.7 Å². The first-order valence-electron chi connectivity index (χ1n) is 9.71. The summed E-state index contributed by atoms with van der Waals surface area (Å²) >= 11 is 0. The molecule has 3 atom stereocenters. The van der Waals surface area contributed by atoms with Crippen LogP contribution in [0.4, 0.5) is 0 Å². The van der Waals surface area contributed by atoms with Crippen LogP contribution in [0.25, 0.3) is 0 Å². The fraction of sp³-hybridized carbons (Fsp3) is 0.550. The molecule has 144 valence electrons. The van der Waals surface area contributed by atoms with E-state index in [1.54, 1.807) is 4.90 Å². The number of hydrogen-bond donors (Lipinski definition) is 3. The second-order valence-corrected chi connectivity index (χ2v) is 7.92. The maximum Gasteiger partial charge on any atom is 0.255 e. The van der Waals surface area contributed by atoms with E-state index < -0.39 is 6.04 Å². The van der Waals surface area contributed by atoms with Gasteiger partial charge in [-0.3, -0.25) is 19.7 Å². The maximum absolute atomic E-state index is 12.7. The monoisotopic (exact) mass is 370 g/mol. The summed E-state index contributed by atoms with van der Waals surface area (Å²) < 4.78 is 0. The van der Waals surface area contributed by atoms with Gasteiger partial charge in [0, 0.05) is 25.1 Å². The zero-order valence-electron chi connectivity index (χ0n) is 15.6. The zero-order chi connectivity index (χ0) is 19.0. The maximum atomic E-state index is 12.7. The number of carbonyl (C=O) groups is 3. The third-order valence-corrected chi connectivity index (χ3v) is 6.00. The molecular weight excluding hydrogens is 344 g/mol. The van der Waals surface area contributed by atoms with Gasteiger partial charge in [-0.1, -0.05) is 19.1 Å². The van der Waals surface area contributed by atoms with Crippen molar-refractivity contribution < 1.29 is 14.4 Å². The van der Waals surface area contributed by atoms with Gasteiger partial charge >= 0.3 is 0 Å². The molecule has 27 heavy (non-hydrogen) atoms. The minimum Gasteiger partial charge on any atom is -0.322 e.